The molecule has 0 atom stereocenters. The number of furan rings is 1. The quantitative estimate of drug-likeness (QED) is 0.819. The van der Waals surface area contributed by atoms with E-state index in [1.165, 1.54) is 0 Å². The summed E-state index contributed by atoms with van der Waals surface area (Å²) in [7, 11) is 2.07. The van der Waals surface area contributed by atoms with E-state index in [1.807, 2.05) is 17.2 Å². The maximum absolute atomic E-state index is 12.1. The lowest BCUT2D eigenvalue weighted by atomic mass is 10.3. The number of rotatable bonds is 3. The summed E-state index contributed by atoms with van der Waals surface area (Å²) in [5.41, 5.74) is 0. The van der Waals surface area contributed by atoms with Gasteiger partial charge in [-0.3, -0.25) is 4.79 Å². The minimum absolute atomic E-state index is 0.0189. The first-order valence-electron chi connectivity index (χ1n) is 5.76. The number of carbonyl (C=O) groups excluding carboxylic acids is 1. The zero-order valence-corrected chi connectivity index (χ0v) is 11.1. The highest BCUT2D eigenvalue weighted by Crippen LogP contribution is 2.15. The Hall–Kier alpha value is -0.940. The van der Waals surface area contributed by atoms with Gasteiger partial charge in [0.05, 0.1) is 5.75 Å². The van der Waals surface area contributed by atoms with Gasteiger partial charge >= 0.3 is 0 Å². The number of amides is 1. The summed E-state index contributed by atoms with van der Waals surface area (Å²) in [5, 5.41) is 0. The molecule has 1 fully saturated rings. The molecule has 1 amide bonds. The normalized spacial score (nSPS) is 17.4. The summed E-state index contributed by atoms with van der Waals surface area (Å²) in [6.07, 6.45) is 2.02. The molecular weight excluding hydrogens is 236 g/mol. The number of piperazine rings is 1. The van der Waals surface area contributed by atoms with E-state index in [1.54, 1.807) is 17.8 Å². The second-order valence-corrected chi connectivity index (χ2v) is 5.16. The lowest BCUT2D eigenvalue weighted by molar-refractivity contribution is 0.0631. The van der Waals surface area contributed by atoms with E-state index in [0.717, 1.165) is 37.7 Å². The molecule has 1 saturated heterocycles. The first kappa shape index (κ1) is 12.5. The molecule has 2 heterocycles. The number of likely N-dealkylation sites (N-methyl/N-ethyl adjacent to an activating group) is 1. The van der Waals surface area contributed by atoms with Crippen LogP contribution in [0.2, 0.25) is 0 Å². The summed E-state index contributed by atoms with van der Waals surface area (Å²) >= 11 is 1.69. The molecule has 0 bridgehead atoms. The maximum Gasteiger partial charge on any atom is 0.289 e. The Morgan fingerprint density at radius 2 is 2.06 bits per heavy atom. The second-order valence-electron chi connectivity index (χ2n) is 4.29. The smallest absolute Gasteiger partial charge is 0.289 e. The number of thioether (sulfide) groups is 1. The van der Waals surface area contributed by atoms with Crippen LogP contribution in [0.5, 0.6) is 0 Å². The van der Waals surface area contributed by atoms with Crippen molar-refractivity contribution < 1.29 is 9.21 Å². The molecule has 1 aliphatic heterocycles. The molecule has 94 valence electrons. The fraction of sp³-hybridized carbons (Fsp3) is 0.583. The second kappa shape index (κ2) is 5.60. The van der Waals surface area contributed by atoms with E-state index >= 15 is 0 Å². The largest absolute Gasteiger partial charge is 0.455 e. The predicted molar refractivity (Wildman–Crippen MR) is 69.3 cm³/mol. The van der Waals surface area contributed by atoms with Crippen molar-refractivity contribution in [3.05, 3.63) is 23.7 Å². The topological polar surface area (TPSA) is 36.7 Å². The van der Waals surface area contributed by atoms with Crippen LogP contribution in [-0.2, 0) is 5.75 Å². The Morgan fingerprint density at radius 1 is 1.35 bits per heavy atom. The number of carbonyl (C=O) groups is 1. The average molecular weight is 254 g/mol. The number of hydrogen-bond donors (Lipinski definition) is 0. The first-order chi connectivity index (χ1) is 8.20. The van der Waals surface area contributed by atoms with Gasteiger partial charge in [-0.15, -0.1) is 0 Å². The maximum atomic E-state index is 12.1. The Balaban J connectivity index is 1.98. The summed E-state index contributed by atoms with van der Waals surface area (Å²) in [6.45, 7) is 3.44. The van der Waals surface area contributed by atoms with Crippen LogP contribution in [0.3, 0.4) is 0 Å². The van der Waals surface area contributed by atoms with Crippen molar-refractivity contribution in [2.75, 3.05) is 39.5 Å². The van der Waals surface area contributed by atoms with Crippen LogP contribution in [-0.4, -0.2) is 55.2 Å². The molecule has 0 saturated carbocycles. The van der Waals surface area contributed by atoms with Crippen LogP contribution in [0, 0.1) is 0 Å². The van der Waals surface area contributed by atoms with Crippen molar-refractivity contribution in [3.63, 3.8) is 0 Å². The third-order valence-electron chi connectivity index (χ3n) is 2.95. The van der Waals surface area contributed by atoms with E-state index in [0.29, 0.717) is 5.76 Å². The lowest BCUT2D eigenvalue weighted by Gasteiger charge is -2.31. The van der Waals surface area contributed by atoms with Gasteiger partial charge in [0.1, 0.15) is 5.76 Å². The predicted octanol–water partition coefficient (Wildman–Crippen LogP) is 1.53. The van der Waals surface area contributed by atoms with Crippen LogP contribution in [0.15, 0.2) is 16.5 Å². The zero-order valence-electron chi connectivity index (χ0n) is 10.3. The van der Waals surface area contributed by atoms with E-state index in [-0.39, 0.29) is 5.91 Å². The van der Waals surface area contributed by atoms with Crippen LogP contribution in [0.1, 0.15) is 16.3 Å². The molecule has 1 aromatic heterocycles. The molecule has 4 nitrogen and oxygen atoms in total. The van der Waals surface area contributed by atoms with Crippen molar-refractivity contribution in [2.45, 2.75) is 5.75 Å². The van der Waals surface area contributed by atoms with Gasteiger partial charge in [-0.25, -0.2) is 0 Å². The highest BCUT2D eigenvalue weighted by atomic mass is 32.2. The standard InChI is InChI=1S/C12H18N2O2S/c1-13-5-7-14(8-6-13)12(15)11-4-3-10(16-11)9-17-2/h3-4H,5-9H2,1-2H3. The van der Waals surface area contributed by atoms with Crippen molar-refractivity contribution in [3.8, 4) is 0 Å². The van der Waals surface area contributed by atoms with Crippen LogP contribution < -0.4 is 0 Å². The Morgan fingerprint density at radius 3 is 2.71 bits per heavy atom. The molecule has 0 spiro atoms. The van der Waals surface area contributed by atoms with Crippen molar-refractivity contribution in [2.24, 2.45) is 0 Å². The summed E-state index contributed by atoms with van der Waals surface area (Å²) < 4.78 is 5.54. The fourth-order valence-corrected chi connectivity index (χ4v) is 2.32. The molecule has 0 radical (unpaired) electrons. The third kappa shape index (κ3) is 3.04. The molecule has 0 aromatic carbocycles. The van der Waals surface area contributed by atoms with E-state index in [9.17, 15) is 4.79 Å². The monoisotopic (exact) mass is 254 g/mol. The zero-order chi connectivity index (χ0) is 12.3. The molecule has 0 aliphatic carbocycles. The highest BCUT2D eigenvalue weighted by molar-refractivity contribution is 7.97. The van der Waals surface area contributed by atoms with Crippen molar-refractivity contribution >= 4 is 17.7 Å². The molecular formula is C12H18N2O2S. The highest BCUT2D eigenvalue weighted by Gasteiger charge is 2.22. The SMILES string of the molecule is CSCc1ccc(C(=O)N2CCN(C)CC2)o1. The van der Waals surface area contributed by atoms with Crippen molar-refractivity contribution in [1.82, 2.24) is 9.80 Å². The van der Waals surface area contributed by atoms with Gasteiger partial charge < -0.3 is 14.2 Å². The average Bonchev–Trinajstić information content (AvgIpc) is 2.78. The molecule has 5 heteroatoms. The molecule has 2 rings (SSSR count). The summed E-state index contributed by atoms with van der Waals surface area (Å²) in [6, 6.07) is 3.67. The number of nitrogens with zero attached hydrogens (tertiary/aromatic N) is 2. The summed E-state index contributed by atoms with van der Waals surface area (Å²) in [5.74, 6) is 2.18. The minimum Gasteiger partial charge on any atom is -0.455 e. The molecule has 17 heavy (non-hydrogen) atoms. The lowest BCUT2D eigenvalue weighted by Crippen LogP contribution is -2.47. The third-order valence-corrected chi connectivity index (χ3v) is 3.52. The van der Waals surface area contributed by atoms with Gasteiger partial charge in [0.2, 0.25) is 0 Å². The van der Waals surface area contributed by atoms with Gasteiger partial charge in [0.15, 0.2) is 5.76 Å². The fourth-order valence-electron chi connectivity index (χ4n) is 1.88. The minimum atomic E-state index is 0.0189. The van der Waals surface area contributed by atoms with Crippen LogP contribution in [0.25, 0.3) is 0 Å². The van der Waals surface area contributed by atoms with Gasteiger partial charge in [0, 0.05) is 26.2 Å². The van der Waals surface area contributed by atoms with Gasteiger partial charge in [-0.2, -0.15) is 11.8 Å². The molecule has 0 N–H and O–H groups in total. The van der Waals surface area contributed by atoms with Crippen LogP contribution in [0.4, 0.5) is 0 Å². The van der Waals surface area contributed by atoms with Gasteiger partial charge in [-0.1, -0.05) is 0 Å². The Kier molecular flexibility index (Phi) is 4.12. The van der Waals surface area contributed by atoms with Gasteiger partial charge in [-0.05, 0) is 25.4 Å². The first-order valence-corrected chi connectivity index (χ1v) is 7.15. The van der Waals surface area contributed by atoms with E-state index < -0.39 is 0 Å². The van der Waals surface area contributed by atoms with E-state index in [2.05, 4.69) is 11.9 Å². The van der Waals surface area contributed by atoms with Gasteiger partial charge in [0.25, 0.3) is 5.91 Å². The van der Waals surface area contributed by atoms with Crippen molar-refractivity contribution in [1.29, 1.82) is 0 Å². The Bertz CT molecular complexity index is 384. The van der Waals surface area contributed by atoms with Crippen LogP contribution >= 0.6 is 11.8 Å². The van der Waals surface area contributed by atoms with E-state index in [4.69, 9.17) is 4.42 Å². The number of hydrogen-bond acceptors (Lipinski definition) is 4. The molecule has 1 aliphatic rings. The summed E-state index contributed by atoms with van der Waals surface area (Å²) in [4.78, 5) is 16.2. The Labute approximate surface area is 106 Å². The molecule has 1 aromatic rings. The molecule has 0 unspecified atom stereocenters.